The molecule has 0 spiro atoms. The van der Waals surface area contributed by atoms with Crippen molar-refractivity contribution < 1.29 is 9.90 Å². The van der Waals surface area contributed by atoms with Crippen molar-refractivity contribution in [3.63, 3.8) is 0 Å². The SMILES string of the molecule is CC(C)(C)C(=Cc1ccc(O)cc1)C(N)=O. The third kappa shape index (κ3) is 3.12. The largest absolute Gasteiger partial charge is 0.508 e. The first kappa shape index (κ1) is 12.3. The van der Waals surface area contributed by atoms with Gasteiger partial charge in [-0.15, -0.1) is 0 Å². The number of primary amides is 1. The summed E-state index contributed by atoms with van der Waals surface area (Å²) in [5.41, 5.74) is 6.47. The lowest BCUT2D eigenvalue weighted by Crippen LogP contribution is -2.24. The standard InChI is InChI=1S/C13H17NO2/c1-13(2,3)11(12(14)16)8-9-4-6-10(15)7-5-9/h4-8,15H,1-3H3,(H2,14,16). The monoisotopic (exact) mass is 219 g/mol. The van der Waals surface area contributed by atoms with Crippen LogP contribution >= 0.6 is 0 Å². The number of benzene rings is 1. The molecule has 0 bridgehead atoms. The van der Waals surface area contributed by atoms with Crippen molar-refractivity contribution in [1.29, 1.82) is 0 Å². The highest BCUT2D eigenvalue weighted by atomic mass is 16.3. The van der Waals surface area contributed by atoms with Crippen molar-refractivity contribution in [2.45, 2.75) is 20.8 Å². The first-order valence-corrected chi connectivity index (χ1v) is 5.12. The van der Waals surface area contributed by atoms with E-state index in [2.05, 4.69) is 0 Å². The molecular formula is C13H17NO2. The van der Waals surface area contributed by atoms with E-state index in [-0.39, 0.29) is 11.2 Å². The van der Waals surface area contributed by atoms with Gasteiger partial charge in [0.25, 0.3) is 0 Å². The number of phenols is 1. The topological polar surface area (TPSA) is 63.3 Å². The van der Waals surface area contributed by atoms with Crippen LogP contribution in [0.3, 0.4) is 0 Å². The van der Waals surface area contributed by atoms with Crippen LogP contribution < -0.4 is 5.73 Å². The number of amides is 1. The average Bonchev–Trinajstić information content (AvgIpc) is 2.14. The van der Waals surface area contributed by atoms with Gasteiger partial charge in [0.1, 0.15) is 5.75 Å². The molecule has 3 heteroatoms. The maximum absolute atomic E-state index is 11.3. The van der Waals surface area contributed by atoms with Crippen molar-refractivity contribution >= 4 is 12.0 Å². The third-order valence-corrected chi connectivity index (χ3v) is 2.28. The molecule has 1 amide bonds. The van der Waals surface area contributed by atoms with Crippen molar-refractivity contribution in [2.75, 3.05) is 0 Å². The molecule has 0 saturated carbocycles. The van der Waals surface area contributed by atoms with Crippen LogP contribution in [0.2, 0.25) is 0 Å². The molecule has 16 heavy (non-hydrogen) atoms. The van der Waals surface area contributed by atoms with E-state index in [9.17, 15) is 4.79 Å². The quantitative estimate of drug-likeness (QED) is 0.750. The summed E-state index contributed by atoms with van der Waals surface area (Å²) in [6.45, 7) is 5.80. The van der Waals surface area contributed by atoms with Gasteiger partial charge in [0, 0.05) is 5.57 Å². The highest BCUT2D eigenvalue weighted by molar-refractivity contribution is 5.97. The maximum Gasteiger partial charge on any atom is 0.245 e. The molecule has 0 radical (unpaired) electrons. The zero-order chi connectivity index (χ0) is 12.3. The Morgan fingerprint density at radius 3 is 2.12 bits per heavy atom. The second kappa shape index (κ2) is 4.39. The summed E-state index contributed by atoms with van der Waals surface area (Å²) in [6, 6.07) is 6.63. The molecule has 3 N–H and O–H groups in total. The summed E-state index contributed by atoms with van der Waals surface area (Å²) >= 11 is 0. The number of phenolic OH excluding ortho intramolecular Hbond substituents is 1. The summed E-state index contributed by atoms with van der Waals surface area (Å²) in [4.78, 5) is 11.3. The first-order chi connectivity index (χ1) is 7.30. The zero-order valence-electron chi connectivity index (χ0n) is 9.82. The van der Waals surface area contributed by atoms with Crippen LogP contribution in [0.15, 0.2) is 29.8 Å². The lowest BCUT2D eigenvalue weighted by atomic mass is 9.85. The Balaban J connectivity index is 3.13. The van der Waals surface area contributed by atoms with Crippen LogP contribution in [-0.2, 0) is 4.79 Å². The van der Waals surface area contributed by atoms with Gasteiger partial charge in [-0.1, -0.05) is 32.9 Å². The summed E-state index contributed by atoms with van der Waals surface area (Å²) in [5, 5.41) is 9.15. The molecule has 1 aromatic carbocycles. The van der Waals surface area contributed by atoms with Crippen LogP contribution in [0.4, 0.5) is 0 Å². The second-order valence-corrected chi connectivity index (χ2v) is 4.76. The summed E-state index contributed by atoms with van der Waals surface area (Å²) in [6.07, 6.45) is 1.75. The maximum atomic E-state index is 11.3. The molecule has 0 aliphatic carbocycles. The fraction of sp³-hybridized carbons (Fsp3) is 0.308. The van der Waals surface area contributed by atoms with E-state index >= 15 is 0 Å². The Hall–Kier alpha value is -1.77. The zero-order valence-corrected chi connectivity index (χ0v) is 9.82. The summed E-state index contributed by atoms with van der Waals surface area (Å²) < 4.78 is 0. The van der Waals surface area contributed by atoms with Gasteiger partial charge < -0.3 is 10.8 Å². The van der Waals surface area contributed by atoms with Crippen molar-refractivity contribution in [3.05, 3.63) is 35.4 Å². The predicted molar refractivity (Wildman–Crippen MR) is 64.7 cm³/mol. The van der Waals surface area contributed by atoms with E-state index in [4.69, 9.17) is 10.8 Å². The normalized spacial score (nSPS) is 12.6. The van der Waals surface area contributed by atoms with Gasteiger partial charge in [-0.05, 0) is 29.2 Å². The highest BCUT2D eigenvalue weighted by Gasteiger charge is 2.21. The molecule has 0 fully saturated rings. The number of hydrogen-bond donors (Lipinski definition) is 2. The summed E-state index contributed by atoms with van der Waals surface area (Å²) in [7, 11) is 0. The molecule has 0 saturated heterocycles. The molecule has 1 aromatic rings. The van der Waals surface area contributed by atoms with Crippen LogP contribution in [0, 0.1) is 5.41 Å². The van der Waals surface area contributed by atoms with Gasteiger partial charge in [-0.3, -0.25) is 4.79 Å². The lowest BCUT2D eigenvalue weighted by molar-refractivity contribution is -0.115. The number of carbonyl (C=O) groups excluding carboxylic acids is 1. The number of carbonyl (C=O) groups is 1. The minimum atomic E-state index is -0.416. The Morgan fingerprint density at radius 1 is 1.25 bits per heavy atom. The molecule has 1 rings (SSSR count). The Labute approximate surface area is 95.6 Å². The van der Waals surface area contributed by atoms with Crippen molar-refractivity contribution in [2.24, 2.45) is 11.1 Å². The number of aromatic hydroxyl groups is 1. The van der Waals surface area contributed by atoms with Crippen LogP contribution in [-0.4, -0.2) is 11.0 Å². The van der Waals surface area contributed by atoms with Crippen molar-refractivity contribution in [3.8, 4) is 5.75 Å². The van der Waals surface area contributed by atoms with Gasteiger partial charge in [-0.2, -0.15) is 0 Å². The smallest absolute Gasteiger partial charge is 0.245 e. The molecule has 0 atom stereocenters. The molecule has 0 unspecified atom stereocenters. The summed E-state index contributed by atoms with van der Waals surface area (Å²) in [5.74, 6) is -0.214. The van der Waals surface area contributed by atoms with Gasteiger partial charge in [0.05, 0.1) is 0 Å². The highest BCUT2D eigenvalue weighted by Crippen LogP contribution is 2.27. The average molecular weight is 219 g/mol. The minimum Gasteiger partial charge on any atom is -0.508 e. The van der Waals surface area contributed by atoms with Crippen molar-refractivity contribution in [1.82, 2.24) is 0 Å². The van der Waals surface area contributed by atoms with E-state index < -0.39 is 5.91 Å². The molecule has 0 aromatic heterocycles. The second-order valence-electron chi connectivity index (χ2n) is 4.76. The Morgan fingerprint density at radius 2 is 1.75 bits per heavy atom. The number of rotatable bonds is 2. The molecule has 0 heterocycles. The van der Waals surface area contributed by atoms with E-state index in [1.807, 2.05) is 20.8 Å². The molecule has 0 aliphatic heterocycles. The number of hydrogen-bond acceptors (Lipinski definition) is 2. The van der Waals surface area contributed by atoms with Gasteiger partial charge >= 0.3 is 0 Å². The Bertz CT molecular complexity index is 411. The number of nitrogens with two attached hydrogens (primary N) is 1. The van der Waals surface area contributed by atoms with E-state index in [0.717, 1.165) is 5.56 Å². The van der Waals surface area contributed by atoms with E-state index in [1.165, 1.54) is 0 Å². The predicted octanol–water partition coefficient (Wildman–Crippen LogP) is 2.31. The fourth-order valence-electron chi connectivity index (χ4n) is 1.39. The van der Waals surface area contributed by atoms with Crippen LogP contribution in [0.25, 0.3) is 6.08 Å². The first-order valence-electron chi connectivity index (χ1n) is 5.12. The molecule has 86 valence electrons. The third-order valence-electron chi connectivity index (χ3n) is 2.28. The molecule has 0 aliphatic rings. The van der Waals surface area contributed by atoms with E-state index in [0.29, 0.717) is 5.57 Å². The minimum absolute atomic E-state index is 0.202. The van der Waals surface area contributed by atoms with Gasteiger partial charge in [0.2, 0.25) is 5.91 Å². The van der Waals surface area contributed by atoms with Gasteiger partial charge in [0.15, 0.2) is 0 Å². The lowest BCUT2D eigenvalue weighted by Gasteiger charge is -2.20. The van der Waals surface area contributed by atoms with Crippen LogP contribution in [0.5, 0.6) is 5.75 Å². The molecule has 3 nitrogen and oxygen atoms in total. The van der Waals surface area contributed by atoms with E-state index in [1.54, 1.807) is 30.3 Å². The fourth-order valence-corrected chi connectivity index (χ4v) is 1.39. The van der Waals surface area contributed by atoms with Crippen LogP contribution in [0.1, 0.15) is 26.3 Å². The van der Waals surface area contributed by atoms with Gasteiger partial charge in [-0.25, -0.2) is 0 Å². The molecular weight excluding hydrogens is 202 g/mol. The Kier molecular flexibility index (Phi) is 3.38.